The van der Waals surface area contributed by atoms with Crippen molar-refractivity contribution < 1.29 is 28.6 Å². The average molecular weight is 970 g/mol. The number of ether oxygens (including phenoxy) is 3. The number of esters is 3. The highest BCUT2D eigenvalue weighted by atomic mass is 16.6. The Morgan fingerprint density at radius 1 is 0.290 bits per heavy atom. The minimum absolute atomic E-state index is 0.0700. The van der Waals surface area contributed by atoms with Crippen molar-refractivity contribution in [3.8, 4) is 0 Å². The number of carbonyl (C=O) groups excluding carboxylic acids is 3. The van der Waals surface area contributed by atoms with Gasteiger partial charge in [0.15, 0.2) is 6.10 Å². The van der Waals surface area contributed by atoms with E-state index in [0.29, 0.717) is 19.3 Å². The van der Waals surface area contributed by atoms with Crippen LogP contribution in [-0.2, 0) is 28.6 Å². The molecule has 0 bridgehead atoms. The summed E-state index contributed by atoms with van der Waals surface area (Å²) in [6, 6.07) is 0. The molecule has 0 aromatic rings. The third-order valence-corrected chi connectivity index (χ3v) is 13.6. The number of allylic oxidation sites excluding steroid dienone is 6. The zero-order valence-electron chi connectivity index (χ0n) is 46.3. The van der Waals surface area contributed by atoms with Crippen LogP contribution in [0.25, 0.3) is 0 Å². The van der Waals surface area contributed by atoms with E-state index in [1.54, 1.807) is 0 Å². The normalized spacial score (nSPS) is 12.2. The molecule has 0 saturated carbocycles. The summed E-state index contributed by atoms with van der Waals surface area (Å²) in [5.74, 6) is -0.870. The van der Waals surface area contributed by atoms with E-state index in [9.17, 15) is 14.4 Å². The summed E-state index contributed by atoms with van der Waals surface area (Å²) in [5, 5.41) is 0. The first kappa shape index (κ1) is 66.6. The van der Waals surface area contributed by atoms with Gasteiger partial charge in [0, 0.05) is 19.3 Å². The first-order valence-corrected chi connectivity index (χ1v) is 30.5. The lowest BCUT2D eigenvalue weighted by Crippen LogP contribution is -2.30. The van der Waals surface area contributed by atoms with Gasteiger partial charge >= 0.3 is 17.9 Å². The van der Waals surface area contributed by atoms with Gasteiger partial charge in [-0.2, -0.15) is 0 Å². The Kier molecular flexibility index (Phi) is 56.2. The van der Waals surface area contributed by atoms with Crippen LogP contribution in [0.2, 0.25) is 0 Å². The molecule has 1 atom stereocenters. The average Bonchev–Trinajstić information content (AvgIpc) is 3.35. The molecular weight excluding hydrogens is 853 g/mol. The van der Waals surface area contributed by atoms with Crippen LogP contribution >= 0.6 is 0 Å². The lowest BCUT2D eigenvalue weighted by Gasteiger charge is -2.18. The van der Waals surface area contributed by atoms with Gasteiger partial charge in [0.2, 0.25) is 0 Å². The van der Waals surface area contributed by atoms with Crippen LogP contribution in [0.3, 0.4) is 0 Å². The summed E-state index contributed by atoms with van der Waals surface area (Å²) >= 11 is 0. The van der Waals surface area contributed by atoms with Crippen LogP contribution in [0.15, 0.2) is 36.5 Å². The van der Waals surface area contributed by atoms with Crippen LogP contribution in [0.4, 0.5) is 0 Å². The van der Waals surface area contributed by atoms with Crippen LogP contribution < -0.4 is 0 Å². The Morgan fingerprint density at radius 3 is 0.812 bits per heavy atom. The smallest absolute Gasteiger partial charge is 0.306 e. The molecule has 404 valence electrons. The molecule has 0 aliphatic carbocycles. The molecule has 6 nitrogen and oxygen atoms in total. The maximum atomic E-state index is 12.8. The molecule has 0 rings (SSSR count). The molecule has 0 N–H and O–H groups in total. The molecule has 0 heterocycles. The van der Waals surface area contributed by atoms with Gasteiger partial charge < -0.3 is 14.2 Å². The van der Waals surface area contributed by atoms with Gasteiger partial charge in [0.1, 0.15) is 13.2 Å². The second kappa shape index (κ2) is 58.2. The third kappa shape index (κ3) is 56.4. The monoisotopic (exact) mass is 969 g/mol. The largest absolute Gasteiger partial charge is 0.462 e. The lowest BCUT2D eigenvalue weighted by atomic mass is 10.0. The van der Waals surface area contributed by atoms with Gasteiger partial charge in [-0.25, -0.2) is 0 Å². The van der Waals surface area contributed by atoms with Gasteiger partial charge in [-0.05, 0) is 77.0 Å². The fourth-order valence-electron chi connectivity index (χ4n) is 9.00. The fourth-order valence-corrected chi connectivity index (χ4v) is 9.00. The summed E-state index contributed by atoms with van der Waals surface area (Å²) in [6.07, 6.45) is 70.5. The van der Waals surface area contributed by atoms with E-state index in [2.05, 4.69) is 57.2 Å². The van der Waals surface area contributed by atoms with Crippen LogP contribution in [0.1, 0.15) is 329 Å². The Bertz CT molecular complexity index is 1160. The Balaban J connectivity index is 4.00. The number of unbranched alkanes of at least 4 members (excludes halogenated alkanes) is 39. The number of rotatable bonds is 56. The van der Waals surface area contributed by atoms with Crippen molar-refractivity contribution >= 4 is 17.9 Å². The summed E-state index contributed by atoms with van der Waals surface area (Å²) in [5.41, 5.74) is 0. The number of hydrogen-bond donors (Lipinski definition) is 0. The van der Waals surface area contributed by atoms with Crippen LogP contribution in [0, 0.1) is 0 Å². The Morgan fingerprint density at radius 2 is 0.522 bits per heavy atom. The maximum Gasteiger partial charge on any atom is 0.306 e. The van der Waals surface area contributed by atoms with Gasteiger partial charge in [0.25, 0.3) is 0 Å². The number of hydrogen-bond acceptors (Lipinski definition) is 6. The first-order valence-electron chi connectivity index (χ1n) is 30.5. The molecule has 0 fully saturated rings. The van der Waals surface area contributed by atoms with Crippen molar-refractivity contribution in [2.45, 2.75) is 335 Å². The highest BCUT2D eigenvalue weighted by Gasteiger charge is 2.19. The summed E-state index contributed by atoms with van der Waals surface area (Å²) < 4.78 is 16.8. The number of carbonyl (C=O) groups is 3. The summed E-state index contributed by atoms with van der Waals surface area (Å²) in [4.78, 5) is 37.8. The molecule has 6 heteroatoms. The van der Waals surface area contributed by atoms with Gasteiger partial charge in [0.05, 0.1) is 0 Å². The van der Waals surface area contributed by atoms with E-state index >= 15 is 0 Å². The van der Waals surface area contributed by atoms with Crippen molar-refractivity contribution in [1.29, 1.82) is 0 Å². The molecular formula is C63H116O6. The van der Waals surface area contributed by atoms with E-state index in [1.807, 2.05) is 0 Å². The van der Waals surface area contributed by atoms with Crippen molar-refractivity contribution in [3.63, 3.8) is 0 Å². The molecule has 0 radical (unpaired) electrons. The Hall–Kier alpha value is -2.37. The zero-order chi connectivity index (χ0) is 50.0. The Labute approximate surface area is 429 Å². The summed E-state index contributed by atoms with van der Waals surface area (Å²) in [7, 11) is 0. The van der Waals surface area contributed by atoms with Crippen molar-refractivity contribution in [1.82, 2.24) is 0 Å². The molecule has 0 aromatic carbocycles. The molecule has 0 aliphatic rings. The standard InChI is InChI=1S/C63H116O6/c1-4-7-10-13-15-17-19-21-23-25-27-28-29-30-31-32-33-34-36-37-39-41-43-45-47-50-53-56-62(65)68-59-60(58-67-61(64)55-52-49-12-9-6-3)69-63(66)57-54-51-48-46-44-42-40-38-35-26-24-22-20-18-16-14-11-8-5-2/h19,21-22,24-25,27,60H,4-18,20,23,26,28-59H2,1-3H3/b21-19-,24-22-,27-25-. The molecule has 0 spiro atoms. The van der Waals surface area contributed by atoms with E-state index in [-0.39, 0.29) is 31.1 Å². The van der Waals surface area contributed by atoms with Crippen LogP contribution in [-0.4, -0.2) is 37.2 Å². The maximum absolute atomic E-state index is 12.8. The van der Waals surface area contributed by atoms with Gasteiger partial charge in [-0.1, -0.05) is 269 Å². The second-order valence-corrected chi connectivity index (χ2v) is 20.6. The molecule has 0 aliphatic heterocycles. The molecule has 0 amide bonds. The topological polar surface area (TPSA) is 78.9 Å². The fraction of sp³-hybridized carbons (Fsp3) is 0.857. The van der Waals surface area contributed by atoms with E-state index in [4.69, 9.17) is 14.2 Å². The minimum atomic E-state index is -0.767. The van der Waals surface area contributed by atoms with Gasteiger partial charge in [-0.3, -0.25) is 14.4 Å². The predicted octanol–water partition coefficient (Wildman–Crippen LogP) is 20.4. The summed E-state index contributed by atoms with van der Waals surface area (Å²) in [6.45, 7) is 6.58. The third-order valence-electron chi connectivity index (χ3n) is 13.6. The zero-order valence-corrected chi connectivity index (χ0v) is 46.3. The highest BCUT2D eigenvalue weighted by Crippen LogP contribution is 2.17. The first-order chi connectivity index (χ1) is 34.0. The van der Waals surface area contributed by atoms with Crippen LogP contribution in [0.5, 0.6) is 0 Å². The quantitative estimate of drug-likeness (QED) is 0.0261. The van der Waals surface area contributed by atoms with E-state index in [1.165, 1.54) is 218 Å². The van der Waals surface area contributed by atoms with Crippen molar-refractivity contribution in [3.05, 3.63) is 36.5 Å². The predicted molar refractivity (Wildman–Crippen MR) is 298 cm³/mol. The highest BCUT2D eigenvalue weighted by molar-refractivity contribution is 5.71. The second-order valence-electron chi connectivity index (χ2n) is 20.6. The van der Waals surface area contributed by atoms with E-state index < -0.39 is 6.10 Å². The minimum Gasteiger partial charge on any atom is -0.462 e. The molecule has 69 heavy (non-hydrogen) atoms. The van der Waals surface area contributed by atoms with Crippen molar-refractivity contribution in [2.75, 3.05) is 13.2 Å². The van der Waals surface area contributed by atoms with Gasteiger partial charge in [-0.15, -0.1) is 0 Å². The van der Waals surface area contributed by atoms with Crippen molar-refractivity contribution in [2.24, 2.45) is 0 Å². The molecule has 0 saturated heterocycles. The SMILES string of the molecule is CCCCCCC/C=C\C/C=C\CCCCCCCCCCCCCCCCCC(=O)OCC(COC(=O)CCCCCCC)OC(=O)CCCCCCCCCCC/C=C\CCCCCCCC. The lowest BCUT2D eigenvalue weighted by molar-refractivity contribution is -0.167. The molecule has 0 aromatic heterocycles. The van der Waals surface area contributed by atoms with E-state index in [0.717, 1.165) is 70.6 Å². The molecule has 1 unspecified atom stereocenters.